The molecule has 0 saturated carbocycles. The van der Waals surface area contributed by atoms with Crippen molar-refractivity contribution in [2.24, 2.45) is 0 Å². The molecule has 1 aliphatic heterocycles. The highest BCUT2D eigenvalue weighted by molar-refractivity contribution is 5.99. The molecular weight excluding hydrogens is 349 g/mol. The van der Waals surface area contributed by atoms with E-state index in [9.17, 15) is 9.18 Å². The van der Waals surface area contributed by atoms with Crippen LogP contribution in [-0.4, -0.2) is 29.3 Å². The first-order chi connectivity index (χ1) is 13.1. The van der Waals surface area contributed by atoms with Crippen molar-refractivity contribution < 1.29 is 18.7 Å². The number of aromatic nitrogens is 2. The summed E-state index contributed by atoms with van der Waals surface area (Å²) >= 11 is 0. The van der Waals surface area contributed by atoms with Crippen LogP contribution in [0.25, 0.3) is 11.3 Å². The topological polar surface area (TPSA) is 76.2 Å². The van der Waals surface area contributed by atoms with E-state index in [0.717, 1.165) is 5.56 Å². The van der Waals surface area contributed by atoms with E-state index in [-0.39, 0.29) is 17.8 Å². The number of carbonyl (C=O) groups excluding carboxylic acids is 1. The molecule has 7 heteroatoms. The number of ether oxygens (including phenoxy) is 2. The predicted molar refractivity (Wildman–Crippen MR) is 97.3 cm³/mol. The fraction of sp³-hybridized carbons (Fsp3) is 0.200. The average Bonchev–Trinajstić information content (AvgIpc) is 3.18. The minimum atomic E-state index is -0.337. The Kier molecular flexibility index (Phi) is 4.50. The molecule has 0 saturated heterocycles. The molecule has 2 aromatic carbocycles. The van der Waals surface area contributed by atoms with Gasteiger partial charge in [-0.3, -0.25) is 9.89 Å². The van der Waals surface area contributed by atoms with Crippen molar-refractivity contribution in [3.05, 3.63) is 65.6 Å². The van der Waals surface area contributed by atoms with E-state index in [0.29, 0.717) is 41.5 Å². The van der Waals surface area contributed by atoms with E-state index in [1.54, 1.807) is 12.1 Å². The average molecular weight is 367 g/mol. The van der Waals surface area contributed by atoms with Crippen LogP contribution in [0.2, 0.25) is 0 Å². The second-order valence-corrected chi connectivity index (χ2v) is 6.26. The number of nitrogens with zero attached hydrogens (tertiary/aromatic N) is 1. The Morgan fingerprint density at radius 1 is 1.15 bits per heavy atom. The quantitative estimate of drug-likeness (QED) is 0.740. The summed E-state index contributed by atoms with van der Waals surface area (Å²) in [6.07, 6.45) is 1.46. The standard InChI is InChI=1S/C20H18FN3O3/c1-12(14-4-7-17-18(10-14)27-9-8-26-17)23-20(25)16-11-22-24-19(16)13-2-5-15(21)6-3-13/h2-7,10-12H,8-9H2,1H3,(H,22,24)(H,23,25). The van der Waals surface area contributed by atoms with Crippen LogP contribution in [0.4, 0.5) is 4.39 Å². The number of hydrogen-bond acceptors (Lipinski definition) is 4. The fourth-order valence-electron chi connectivity index (χ4n) is 2.98. The molecule has 2 heterocycles. The van der Waals surface area contributed by atoms with Gasteiger partial charge < -0.3 is 14.8 Å². The maximum atomic E-state index is 13.1. The molecule has 138 valence electrons. The summed E-state index contributed by atoms with van der Waals surface area (Å²) in [5.41, 5.74) is 2.53. The van der Waals surface area contributed by atoms with Gasteiger partial charge >= 0.3 is 0 Å². The molecule has 3 aromatic rings. The summed E-state index contributed by atoms with van der Waals surface area (Å²) in [6.45, 7) is 2.93. The number of aromatic amines is 1. The van der Waals surface area contributed by atoms with E-state index < -0.39 is 0 Å². The van der Waals surface area contributed by atoms with Crippen molar-refractivity contribution in [2.45, 2.75) is 13.0 Å². The number of H-pyrrole nitrogens is 1. The third-order valence-corrected chi connectivity index (χ3v) is 4.43. The van der Waals surface area contributed by atoms with Gasteiger partial charge in [0, 0.05) is 5.56 Å². The number of benzene rings is 2. The molecule has 1 aromatic heterocycles. The third-order valence-electron chi connectivity index (χ3n) is 4.43. The van der Waals surface area contributed by atoms with Crippen LogP contribution in [0.1, 0.15) is 28.9 Å². The van der Waals surface area contributed by atoms with Crippen molar-refractivity contribution in [3.63, 3.8) is 0 Å². The maximum absolute atomic E-state index is 13.1. The summed E-state index contributed by atoms with van der Waals surface area (Å²) in [5.74, 6) is 0.772. The second-order valence-electron chi connectivity index (χ2n) is 6.26. The number of nitrogens with one attached hydrogen (secondary N) is 2. The monoisotopic (exact) mass is 367 g/mol. The van der Waals surface area contributed by atoms with E-state index in [1.165, 1.54) is 18.3 Å². The number of amides is 1. The van der Waals surface area contributed by atoms with E-state index in [1.807, 2.05) is 25.1 Å². The van der Waals surface area contributed by atoms with Crippen LogP contribution in [0.5, 0.6) is 11.5 Å². The Bertz CT molecular complexity index is 969. The van der Waals surface area contributed by atoms with Crippen LogP contribution in [-0.2, 0) is 0 Å². The van der Waals surface area contributed by atoms with Crippen LogP contribution in [0, 0.1) is 5.82 Å². The molecule has 0 bridgehead atoms. The van der Waals surface area contributed by atoms with Crippen LogP contribution >= 0.6 is 0 Å². The highest BCUT2D eigenvalue weighted by Crippen LogP contribution is 2.32. The minimum absolute atomic E-state index is 0.246. The van der Waals surface area contributed by atoms with Crippen molar-refractivity contribution in [1.82, 2.24) is 15.5 Å². The van der Waals surface area contributed by atoms with Crippen molar-refractivity contribution in [2.75, 3.05) is 13.2 Å². The lowest BCUT2D eigenvalue weighted by atomic mass is 10.1. The van der Waals surface area contributed by atoms with Gasteiger partial charge in [-0.05, 0) is 48.9 Å². The first-order valence-electron chi connectivity index (χ1n) is 8.61. The molecule has 0 spiro atoms. The zero-order valence-electron chi connectivity index (χ0n) is 14.7. The molecule has 1 amide bonds. The molecule has 0 aliphatic carbocycles. The second kappa shape index (κ2) is 7.11. The molecule has 2 N–H and O–H groups in total. The van der Waals surface area contributed by atoms with Gasteiger partial charge in [-0.2, -0.15) is 5.10 Å². The van der Waals surface area contributed by atoms with Crippen molar-refractivity contribution in [1.29, 1.82) is 0 Å². The number of rotatable bonds is 4. The SMILES string of the molecule is CC(NC(=O)c1cn[nH]c1-c1ccc(F)cc1)c1ccc2c(c1)OCCO2. The molecule has 1 unspecified atom stereocenters. The van der Waals surface area contributed by atoms with E-state index in [2.05, 4.69) is 15.5 Å². The summed E-state index contributed by atoms with van der Waals surface area (Å²) < 4.78 is 24.3. The van der Waals surface area contributed by atoms with Crippen LogP contribution in [0.15, 0.2) is 48.7 Å². The van der Waals surface area contributed by atoms with Gasteiger partial charge in [-0.15, -0.1) is 0 Å². The lowest BCUT2D eigenvalue weighted by Gasteiger charge is -2.21. The fourth-order valence-corrected chi connectivity index (χ4v) is 2.98. The highest BCUT2D eigenvalue weighted by Gasteiger charge is 2.19. The normalized spacial score (nSPS) is 13.9. The van der Waals surface area contributed by atoms with E-state index >= 15 is 0 Å². The Morgan fingerprint density at radius 3 is 2.67 bits per heavy atom. The Balaban J connectivity index is 1.53. The molecule has 0 fully saturated rings. The van der Waals surface area contributed by atoms with Gasteiger partial charge in [0.15, 0.2) is 11.5 Å². The molecule has 4 rings (SSSR count). The van der Waals surface area contributed by atoms with Crippen LogP contribution < -0.4 is 14.8 Å². The highest BCUT2D eigenvalue weighted by atomic mass is 19.1. The van der Waals surface area contributed by atoms with Gasteiger partial charge in [0.2, 0.25) is 0 Å². The van der Waals surface area contributed by atoms with Gasteiger partial charge in [0.1, 0.15) is 19.0 Å². The lowest BCUT2D eigenvalue weighted by molar-refractivity contribution is 0.0940. The third kappa shape index (κ3) is 3.48. The molecule has 1 atom stereocenters. The van der Waals surface area contributed by atoms with Gasteiger partial charge in [-0.25, -0.2) is 4.39 Å². The molecule has 0 radical (unpaired) electrons. The number of fused-ring (bicyclic) bond motifs is 1. The Morgan fingerprint density at radius 2 is 1.89 bits per heavy atom. The number of hydrogen-bond donors (Lipinski definition) is 2. The smallest absolute Gasteiger partial charge is 0.255 e. The Labute approximate surface area is 155 Å². The molecule has 6 nitrogen and oxygen atoms in total. The molecule has 1 aliphatic rings. The summed E-state index contributed by atoms with van der Waals surface area (Å²) in [5, 5.41) is 9.73. The summed E-state index contributed by atoms with van der Waals surface area (Å²) in [4.78, 5) is 12.7. The van der Waals surface area contributed by atoms with Gasteiger partial charge in [-0.1, -0.05) is 6.07 Å². The number of carbonyl (C=O) groups is 1. The lowest BCUT2D eigenvalue weighted by Crippen LogP contribution is -2.27. The van der Waals surface area contributed by atoms with E-state index in [4.69, 9.17) is 9.47 Å². The van der Waals surface area contributed by atoms with Gasteiger partial charge in [0.05, 0.1) is 23.5 Å². The summed E-state index contributed by atoms with van der Waals surface area (Å²) in [7, 11) is 0. The van der Waals surface area contributed by atoms with Crippen LogP contribution in [0.3, 0.4) is 0 Å². The molecular formula is C20H18FN3O3. The largest absolute Gasteiger partial charge is 0.486 e. The van der Waals surface area contributed by atoms with Crippen molar-refractivity contribution in [3.8, 4) is 22.8 Å². The first-order valence-corrected chi connectivity index (χ1v) is 8.61. The zero-order valence-corrected chi connectivity index (χ0v) is 14.7. The maximum Gasteiger partial charge on any atom is 0.255 e. The van der Waals surface area contributed by atoms with Crippen molar-refractivity contribution >= 4 is 5.91 Å². The Hall–Kier alpha value is -3.35. The minimum Gasteiger partial charge on any atom is -0.486 e. The van der Waals surface area contributed by atoms with Gasteiger partial charge in [0.25, 0.3) is 5.91 Å². The first kappa shape index (κ1) is 17.1. The predicted octanol–water partition coefficient (Wildman–Crippen LogP) is 3.48. The zero-order chi connectivity index (χ0) is 18.8. The molecule has 27 heavy (non-hydrogen) atoms. The number of halogens is 1. The summed E-state index contributed by atoms with van der Waals surface area (Å²) in [6, 6.07) is 11.3.